The quantitative estimate of drug-likeness (QED) is 0.591. The molecule has 2 aliphatic rings. The van der Waals surface area contributed by atoms with Gasteiger partial charge in [-0.2, -0.15) is 0 Å². The van der Waals surface area contributed by atoms with Crippen LogP contribution >= 0.6 is 0 Å². The topological polar surface area (TPSA) is 83.5 Å². The molecule has 1 aromatic carbocycles. The third-order valence-corrected chi connectivity index (χ3v) is 5.55. The Morgan fingerprint density at radius 3 is 2.32 bits per heavy atom. The average Bonchev–Trinajstić information content (AvgIpc) is 3.04. The van der Waals surface area contributed by atoms with Gasteiger partial charge in [-0.25, -0.2) is 4.79 Å². The van der Waals surface area contributed by atoms with Gasteiger partial charge in [-0.15, -0.1) is 0 Å². The predicted molar refractivity (Wildman–Crippen MR) is 90.6 cm³/mol. The summed E-state index contributed by atoms with van der Waals surface area (Å²) < 4.78 is 4.94. The SMILES string of the molecule is COC(=O)[C@@]1(C)[NH2+][C@@H](c2ccc(N(C)C)cc2)[C@H]2C(=O)N(C)C(=O)[C@@H]21. The maximum absolute atomic E-state index is 12.7. The van der Waals surface area contributed by atoms with Gasteiger partial charge in [0.15, 0.2) is 0 Å². The van der Waals surface area contributed by atoms with Gasteiger partial charge in [0.05, 0.1) is 7.11 Å². The number of imide groups is 1. The number of rotatable bonds is 3. The van der Waals surface area contributed by atoms with Crippen LogP contribution < -0.4 is 10.2 Å². The zero-order valence-corrected chi connectivity index (χ0v) is 15.1. The Morgan fingerprint density at radius 2 is 1.80 bits per heavy atom. The molecule has 3 rings (SSSR count). The Bertz CT molecular complexity index is 730. The van der Waals surface area contributed by atoms with Crippen LogP contribution in [0.25, 0.3) is 0 Å². The Morgan fingerprint density at radius 1 is 1.20 bits per heavy atom. The molecular formula is C18H24N3O4+. The second kappa shape index (κ2) is 5.84. The van der Waals surface area contributed by atoms with E-state index in [-0.39, 0.29) is 17.9 Å². The van der Waals surface area contributed by atoms with Crippen LogP contribution in [0.3, 0.4) is 0 Å². The molecular weight excluding hydrogens is 322 g/mol. The summed E-state index contributed by atoms with van der Waals surface area (Å²) in [5.74, 6) is -2.30. The molecule has 0 spiro atoms. The number of amides is 2. The minimum Gasteiger partial charge on any atom is -0.464 e. The summed E-state index contributed by atoms with van der Waals surface area (Å²) >= 11 is 0. The fraction of sp³-hybridized carbons (Fsp3) is 0.500. The second-order valence-electron chi connectivity index (χ2n) is 7.19. The fourth-order valence-corrected chi connectivity index (χ4v) is 4.12. The number of quaternary nitrogens is 1. The molecule has 2 saturated heterocycles. The van der Waals surface area contributed by atoms with Crippen molar-refractivity contribution >= 4 is 23.5 Å². The van der Waals surface area contributed by atoms with Crippen molar-refractivity contribution in [1.29, 1.82) is 0 Å². The van der Waals surface area contributed by atoms with Crippen LogP contribution in [-0.4, -0.2) is 56.5 Å². The van der Waals surface area contributed by atoms with Gasteiger partial charge < -0.3 is 15.0 Å². The van der Waals surface area contributed by atoms with E-state index >= 15 is 0 Å². The van der Waals surface area contributed by atoms with Gasteiger partial charge in [-0.1, -0.05) is 12.1 Å². The van der Waals surface area contributed by atoms with Crippen molar-refractivity contribution in [3.05, 3.63) is 29.8 Å². The number of benzene rings is 1. The van der Waals surface area contributed by atoms with Crippen LogP contribution in [0.5, 0.6) is 0 Å². The zero-order valence-electron chi connectivity index (χ0n) is 15.1. The predicted octanol–water partition coefficient (Wildman–Crippen LogP) is -0.467. The van der Waals surface area contributed by atoms with Crippen LogP contribution in [0.2, 0.25) is 0 Å². The molecule has 2 heterocycles. The first-order valence-corrected chi connectivity index (χ1v) is 8.25. The van der Waals surface area contributed by atoms with Crippen molar-refractivity contribution < 1.29 is 24.4 Å². The Hall–Kier alpha value is -2.41. The summed E-state index contributed by atoms with van der Waals surface area (Å²) in [6, 6.07) is 7.54. The van der Waals surface area contributed by atoms with Crippen LogP contribution in [0.4, 0.5) is 5.69 Å². The lowest BCUT2D eigenvalue weighted by Crippen LogP contribution is -2.97. The number of hydrogen-bond donors (Lipinski definition) is 1. The first-order chi connectivity index (χ1) is 11.7. The Balaban J connectivity index is 2.04. The molecule has 25 heavy (non-hydrogen) atoms. The molecule has 0 saturated carbocycles. The van der Waals surface area contributed by atoms with Gasteiger partial charge in [0.1, 0.15) is 17.9 Å². The molecule has 0 aromatic heterocycles. The standard InChI is InChI=1S/C18H23N3O4/c1-18(17(24)25-5)13-12(15(22)21(4)16(13)23)14(19-18)10-6-8-11(9-7-10)20(2)3/h6-9,12-14,19H,1-5H3/p+1/t12-,13+,14-,18-/m0/s1. The van der Waals surface area contributed by atoms with E-state index in [2.05, 4.69) is 0 Å². The van der Waals surface area contributed by atoms with Gasteiger partial charge in [0.25, 0.3) is 0 Å². The molecule has 1 aromatic rings. The summed E-state index contributed by atoms with van der Waals surface area (Å²) in [5, 5.41) is 1.82. The lowest BCUT2D eigenvalue weighted by molar-refractivity contribution is -0.731. The van der Waals surface area contributed by atoms with Crippen molar-refractivity contribution in [3.8, 4) is 0 Å². The number of hydrogen-bond acceptors (Lipinski definition) is 5. The van der Waals surface area contributed by atoms with Crippen molar-refractivity contribution in [3.63, 3.8) is 0 Å². The normalized spacial score (nSPS) is 31.2. The molecule has 2 fully saturated rings. The van der Waals surface area contributed by atoms with Crippen molar-refractivity contribution in [2.24, 2.45) is 11.8 Å². The van der Waals surface area contributed by atoms with Gasteiger partial charge in [0, 0.05) is 39.3 Å². The van der Waals surface area contributed by atoms with Crippen molar-refractivity contribution in [1.82, 2.24) is 4.90 Å². The second-order valence-corrected chi connectivity index (χ2v) is 7.19. The molecule has 0 radical (unpaired) electrons. The molecule has 2 amide bonds. The average molecular weight is 346 g/mol. The molecule has 2 aliphatic heterocycles. The maximum Gasteiger partial charge on any atom is 0.368 e. The van der Waals surface area contributed by atoms with E-state index in [4.69, 9.17) is 4.74 Å². The number of anilines is 1. The van der Waals surface area contributed by atoms with E-state index in [1.54, 1.807) is 6.92 Å². The molecule has 0 aliphatic carbocycles. The number of ether oxygens (including phenoxy) is 1. The van der Waals surface area contributed by atoms with Crippen LogP contribution in [0.15, 0.2) is 24.3 Å². The number of carbonyl (C=O) groups excluding carboxylic acids is 3. The van der Waals surface area contributed by atoms with E-state index < -0.39 is 23.3 Å². The molecule has 2 N–H and O–H groups in total. The van der Waals surface area contributed by atoms with E-state index in [0.29, 0.717) is 0 Å². The summed E-state index contributed by atoms with van der Waals surface area (Å²) in [5.41, 5.74) is 0.853. The van der Waals surface area contributed by atoms with E-state index in [1.807, 2.05) is 48.6 Å². The highest BCUT2D eigenvalue weighted by Gasteiger charge is 2.70. The lowest BCUT2D eigenvalue weighted by Gasteiger charge is -2.24. The lowest BCUT2D eigenvalue weighted by atomic mass is 9.80. The summed E-state index contributed by atoms with van der Waals surface area (Å²) in [4.78, 5) is 40.9. The van der Waals surface area contributed by atoms with E-state index in [1.165, 1.54) is 14.2 Å². The number of esters is 1. The highest BCUT2D eigenvalue weighted by molar-refractivity contribution is 6.08. The zero-order chi connectivity index (χ0) is 18.5. The number of carbonyl (C=O) groups is 3. The molecule has 7 heteroatoms. The largest absolute Gasteiger partial charge is 0.464 e. The first-order valence-electron chi connectivity index (χ1n) is 8.25. The maximum atomic E-state index is 12.7. The highest BCUT2D eigenvalue weighted by atomic mass is 16.5. The fourth-order valence-electron chi connectivity index (χ4n) is 4.12. The van der Waals surface area contributed by atoms with Crippen molar-refractivity contribution in [2.45, 2.75) is 18.5 Å². The van der Waals surface area contributed by atoms with Crippen LogP contribution in [0.1, 0.15) is 18.5 Å². The Labute approximate surface area is 146 Å². The van der Waals surface area contributed by atoms with Gasteiger partial charge in [-0.05, 0) is 12.1 Å². The summed E-state index contributed by atoms with van der Waals surface area (Å²) in [6.45, 7) is 1.69. The minimum absolute atomic E-state index is 0.236. The number of fused-ring (bicyclic) bond motifs is 1. The summed E-state index contributed by atoms with van der Waals surface area (Å²) in [6.07, 6.45) is 0. The van der Waals surface area contributed by atoms with Crippen molar-refractivity contribution in [2.75, 3.05) is 33.2 Å². The molecule has 4 atom stereocenters. The molecule has 134 valence electrons. The third-order valence-electron chi connectivity index (χ3n) is 5.55. The summed E-state index contributed by atoms with van der Waals surface area (Å²) in [7, 11) is 6.69. The van der Waals surface area contributed by atoms with Crippen LogP contribution in [0, 0.1) is 11.8 Å². The van der Waals surface area contributed by atoms with E-state index in [9.17, 15) is 14.4 Å². The van der Waals surface area contributed by atoms with Gasteiger partial charge in [-0.3, -0.25) is 14.5 Å². The Kier molecular flexibility index (Phi) is 4.07. The highest BCUT2D eigenvalue weighted by Crippen LogP contribution is 2.43. The van der Waals surface area contributed by atoms with Gasteiger partial charge >= 0.3 is 5.97 Å². The van der Waals surface area contributed by atoms with Gasteiger partial charge in [0.2, 0.25) is 17.4 Å². The number of likely N-dealkylation sites (tertiary alicyclic amines) is 1. The van der Waals surface area contributed by atoms with E-state index in [0.717, 1.165) is 16.2 Å². The first kappa shape index (κ1) is 17.4. The molecule has 0 bridgehead atoms. The molecule has 7 nitrogen and oxygen atoms in total. The third kappa shape index (κ3) is 2.41. The monoisotopic (exact) mass is 346 g/mol. The smallest absolute Gasteiger partial charge is 0.368 e. The number of nitrogens with two attached hydrogens (primary N) is 1. The number of nitrogens with zero attached hydrogens (tertiary/aromatic N) is 2. The minimum atomic E-state index is -1.11. The van der Waals surface area contributed by atoms with Crippen LogP contribution in [-0.2, 0) is 19.1 Å². The molecule has 0 unspecified atom stereocenters. The number of methoxy groups -OCH3 is 1.